The summed E-state index contributed by atoms with van der Waals surface area (Å²) in [5, 5.41) is 7.01. The fourth-order valence-corrected chi connectivity index (χ4v) is 3.60. The van der Waals surface area contributed by atoms with E-state index in [1.807, 2.05) is 12.3 Å². The summed E-state index contributed by atoms with van der Waals surface area (Å²) in [5.41, 5.74) is 2.60. The minimum atomic E-state index is 0.430. The molecule has 1 aliphatic heterocycles. The van der Waals surface area contributed by atoms with Crippen LogP contribution in [0.4, 0.5) is 0 Å². The molecule has 1 saturated heterocycles. The Morgan fingerprint density at radius 2 is 2.00 bits per heavy atom. The van der Waals surface area contributed by atoms with Crippen molar-refractivity contribution in [3.05, 3.63) is 66.0 Å². The molecular formula is C22H31N5. The van der Waals surface area contributed by atoms with Crippen molar-refractivity contribution in [1.29, 1.82) is 0 Å². The van der Waals surface area contributed by atoms with Crippen LogP contribution >= 0.6 is 0 Å². The maximum atomic E-state index is 4.75. The number of aliphatic imine (C=N–C) groups is 1. The summed E-state index contributed by atoms with van der Waals surface area (Å²) in [6.45, 7) is 8.11. The third-order valence-corrected chi connectivity index (χ3v) is 5.01. The molecule has 1 aromatic heterocycles. The summed E-state index contributed by atoms with van der Waals surface area (Å²) in [5.74, 6) is 0.917. The van der Waals surface area contributed by atoms with Gasteiger partial charge in [-0.3, -0.25) is 14.9 Å². The maximum Gasteiger partial charge on any atom is 0.191 e. The number of pyridine rings is 1. The van der Waals surface area contributed by atoms with E-state index < -0.39 is 0 Å². The van der Waals surface area contributed by atoms with Gasteiger partial charge in [-0.05, 0) is 43.9 Å². The molecule has 2 heterocycles. The van der Waals surface area contributed by atoms with Crippen LogP contribution in [0.5, 0.6) is 0 Å². The molecule has 2 atom stereocenters. The van der Waals surface area contributed by atoms with Gasteiger partial charge >= 0.3 is 0 Å². The Labute approximate surface area is 162 Å². The van der Waals surface area contributed by atoms with Crippen LogP contribution in [0.3, 0.4) is 0 Å². The first-order chi connectivity index (χ1) is 13.2. The number of nitrogens with one attached hydrogen (secondary N) is 2. The van der Waals surface area contributed by atoms with Crippen LogP contribution in [0.1, 0.15) is 31.4 Å². The molecule has 1 aliphatic rings. The SMILES string of the molecule is CCNC(=NCCc1cccnc1)NC1CC(C)N(Cc2ccccc2)C1. The Balaban J connectivity index is 1.52. The molecule has 3 rings (SSSR count). The first-order valence-electron chi connectivity index (χ1n) is 9.96. The lowest BCUT2D eigenvalue weighted by Crippen LogP contribution is -2.44. The van der Waals surface area contributed by atoms with E-state index in [0.29, 0.717) is 12.1 Å². The molecular weight excluding hydrogens is 334 g/mol. The highest BCUT2D eigenvalue weighted by molar-refractivity contribution is 5.80. The highest BCUT2D eigenvalue weighted by Crippen LogP contribution is 2.20. The summed E-state index contributed by atoms with van der Waals surface area (Å²) in [7, 11) is 0. The van der Waals surface area contributed by atoms with E-state index in [2.05, 4.69) is 70.8 Å². The molecule has 0 amide bonds. The normalized spacial score (nSPS) is 20.6. The molecule has 2 unspecified atom stereocenters. The van der Waals surface area contributed by atoms with Crippen LogP contribution in [0.15, 0.2) is 59.9 Å². The first-order valence-corrected chi connectivity index (χ1v) is 9.96. The maximum absolute atomic E-state index is 4.75. The van der Waals surface area contributed by atoms with Crippen LogP contribution < -0.4 is 10.6 Å². The molecule has 1 fully saturated rings. The van der Waals surface area contributed by atoms with Crippen LogP contribution in [0.2, 0.25) is 0 Å². The zero-order valence-electron chi connectivity index (χ0n) is 16.4. The van der Waals surface area contributed by atoms with Crippen molar-refractivity contribution in [2.75, 3.05) is 19.6 Å². The third-order valence-electron chi connectivity index (χ3n) is 5.01. The van der Waals surface area contributed by atoms with Gasteiger partial charge in [0.2, 0.25) is 0 Å². The molecule has 1 aromatic carbocycles. The molecule has 0 aliphatic carbocycles. The van der Waals surface area contributed by atoms with E-state index in [-0.39, 0.29) is 0 Å². The molecule has 0 radical (unpaired) electrons. The summed E-state index contributed by atoms with van der Waals surface area (Å²) in [6.07, 6.45) is 5.77. The number of likely N-dealkylation sites (tertiary alicyclic amines) is 1. The fraction of sp³-hybridized carbons (Fsp3) is 0.455. The van der Waals surface area contributed by atoms with Gasteiger partial charge < -0.3 is 10.6 Å². The minimum Gasteiger partial charge on any atom is -0.357 e. The average Bonchev–Trinajstić information content (AvgIpc) is 3.02. The van der Waals surface area contributed by atoms with E-state index in [9.17, 15) is 0 Å². The Morgan fingerprint density at radius 1 is 1.19 bits per heavy atom. The highest BCUT2D eigenvalue weighted by Gasteiger charge is 2.29. The Bertz CT molecular complexity index is 701. The largest absolute Gasteiger partial charge is 0.357 e. The van der Waals surface area contributed by atoms with Crippen molar-refractivity contribution >= 4 is 5.96 Å². The molecule has 144 valence electrons. The van der Waals surface area contributed by atoms with Crippen molar-refractivity contribution < 1.29 is 0 Å². The zero-order chi connectivity index (χ0) is 18.9. The van der Waals surface area contributed by atoms with Gasteiger partial charge in [0.05, 0.1) is 0 Å². The molecule has 5 nitrogen and oxygen atoms in total. The van der Waals surface area contributed by atoms with Crippen molar-refractivity contribution in [1.82, 2.24) is 20.5 Å². The molecule has 5 heteroatoms. The quantitative estimate of drug-likeness (QED) is 0.585. The number of hydrogen-bond acceptors (Lipinski definition) is 3. The summed E-state index contributed by atoms with van der Waals surface area (Å²) >= 11 is 0. The van der Waals surface area contributed by atoms with Gasteiger partial charge in [-0.1, -0.05) is 36.4 Å². The minimum absolute atomic E-state index is 0.430. The summed E-state index contributed by atoms with van der Waals surface area (Å²) in [4.78, 5) is 11.5. The number of guanidine groups is 1. The lowest BCUT2D eigenvalue weighted by Gasteiger charge is -2.21. The molecule has 0 saturated carbocycles. The monoisotopic (exact) mass is 365 g/mol. The standard InChI is InChI=1S/C22H31N5/c1-3-24-22(25-13-11-19-10-7-12-23-15-19)26-21-14-18(2)27(17-21)16-20-8-5-4-6-9-20/h4-10,12,15,18,21H,3,11,13-14,16-17H2,1-2H3,(H2,24,25,26). The second-order valence-electron chi connectivity index (χ2n) is 7.21. The fourth-order valence-electron chi connectivity index (χ4n) is 3.60. The predicted octanol–water partition coefficient (Wildman–Crippen LogP) is 2.84. The van der Waals surface area contributed by atoms with E-state index in [1.54, 1.807) is 6.20 Å². The number of rotatable bonds is 7. The van der Waals surface area contributed by atoms with E-state index >= 15 is 0 Å². The van der Waals surface area contributed by atoms with Gasteiger partial charge in [0.1, 0.15) is 0 Å². The highest BCUT2D eigenvalue weighted by atomic mass is 15.3. The number of nitrogens with zero attached hydrogens (tertiary/aromatic N) is 3. The number of hydrogen-bond donors (Lipinski definition) is 2. The van der Waals surface area contributed by atoms with Crippen LogP contribution in [0.25, 0.3) is 0 Å². The molecule has 0 spiro atoms. The molecule has 2 aromatic rings. The number of benzene rings is 1. The second kappa shape index (κ2) is 10.1. The van der Waals surface area contributed by atoms with Crippen molar-refractivity contribution in [2.24, 2.45) is 4.99 Å². The van der Waals surface area contributed by atoms with Gasteiger partial charge in [-0.2, -0.15) is 0 Å². The van der Waals surface area contributed by atoms with Crippen molar-refractivity contribution in [3.63, 3.8) is 0 Å². The van der Waals surface area contributed by atoms with Gasteiger partial charge in [-0.15, -0.1) is 0 Å². The van der Waals surface area contributed by atoms with E-state index in [4.69, 9.17) is 4.99 Å². The summed E-state index contributed by atoms with van der Waals surface area (Å²) < 4.78 is 0. The Morgan fingerprint density at radius 3 is 2.74 bits per heavy atom. The van der Waals surface area contributed by atoms with Crippen LogP contribution in [-0.2, 0) is 13.0 Å². The van der Waals surface area contributed by atoms with E-state index in [0.717, 1.165) is 45.0 Å². The van der Waals surface area contributed by atoms with Crippen molar-refractivity contribution in [3.8, 4) is 0 Å². The molecule has 27 heavy (non-hydrogen) atoms. The molecule has 0 bridgehead atoms. The topological polar surface area (TPSA) is 52.6 Å². The summed E-state index contributed by atoms with van der Waals surface area (Å²) in [6, 6.07) is 15.8. The lowest BCUT2D eigenvalue weighted by atomic mass is 10.2. The number of aromatic nitrogens is 1. The van der Waals surface area contributed by atoms with Gasteiger partial charge in [0.15, 0.2) is 5.96 Å². The zero-order valence-corrected chi connectivity index (χ0v) is 16.4. The molecule has 2 N–H and O–H groups in total. The van der Waals surface area contributed by atoms with Gasteiger partial charge in [-0.25, -0.2) is 0 Å². The van der Waals surface area contributed by atoms with Crippen LogP contribution in [0, 0.1) is 0 Å². The first kappa shape index (κ1) is 19.4. The van der Waals surface area contributed by atoms with E-state index in [1.165, 1.54) is 11.1 Å². The lowest BCUT2D eigenvalue weighted by molar-refractivity contribution is 0.258. The smallest absolute Gasteiger partial charge is 0.191 e. The Kier molecular flexibility index (Phi) is 7.22. The van der Waals surface area contributed by atoms with Gasteiger partial charge in [0, 0.05) is 50.7 Å². The Hall–Kier alpha value is -2.40. The van der Waals surface area contributed by atoms with Gasteiger partial charge in [0.25, 0.3) is 0 Å². The van der Waals surface area contributed by atoms with Crippen molar-refractivity contribution in [2.45, 2.75) is 45.3 Å². The second-order valence-corrected chi connectivity index (χ2v) is 7.21. The average molecular weight is 366 g/mol. The van der Waals surface area contributed by atoms with Crippen LogP contribution in [-0.4, -0.2) is 47.6 Å². The predicted molar refractivity (Wildman–Crippen MR) is 112 cm³/mol. The third kappa shape index (κ3) is 6.07.